The molecule has 0 atom stereocenters. The van der Waals surface area contributed by atoms with Crippen molar-refractivity contribution in [3.05, 3.63) is 58.1 Å². The van der Waals surface area contributed by atoms with Gasteiger partial charge in [-0.3, -0.25) is 4.79 Å². The van der Waals surface area contributed by atoms with Gasteiger partial charge < -0.3 is 20.2 Å². The lowest BCUT2D eigenvalue weighted by atomic mass is 10.1. The number of benzene rings is 2. The standard InChI is InChI=1S/C17H17FN4OS/c1-22(2)12-5-3-10(4-6-12)9-19-16(23)13-7-11(18)8-14-15(13)21-17(24)20-14/h3-8H,9H2,1-2H3,(H,19,23)(H2,20,21,24). The summed E-state index contributed by atoms with van der Waals surface area (Å²) in [5, 5.41) is 2.81. The summed E-state index contributed by atoms with van der Waals surface area (Å²) >= 11 is 5.01. The molecule has 5 nitrogen and oxygen atoms in total. The molecule has 0 fully saturated rings. The number of carbonyl (C=O) groups is 1. The Morgan fingerprint density at radius 3 is 2.58 bits per heavy atom. The summed E-state index contributed by atoms with van der Waals surface area (Å²) in [5.74, 6) is -0.852. The fraction of sp³-hybridized carbons (Fsp3) is 0.176. The smallest absolute Gasteiger partial charge is 0.253 e. The third-order valence-corrected chi connectivity index (χ3v) is 3.94. The SMILES string of the molecule is CN(C)c1ccc(CNC(=O)c2cc(F)cc3[nH]c(=S)[nH]c23)cc1. The van der Waals surface area contributed by atoms with Crippen LogP contribution in [0.15, 0.2) is 36.4 Å². The average molecular weight is 344 g/mol. The van der Waals surface area contributed by atoms with Crippen LogP contribution in [0.4, 0.5) is 10.1 Å². The van der Waals surface area contributed by atoms with Crippen LogP contribution in [-0.4, -0.2) is 30.0 Å². The molecule has 0 aliphatic heterocycles. The molecular weight excluding hydrogens is 327 g/mol. The van der Waals surface area contributed by atoms with Gasteiger partial charge in [0.15, 0.2) is 4.77 Å². The Balaban J connectivity index is 1.79. The largest absolute Gasteiger partial charge is 0.378 e. The number of aromatic nitrogens is 2. The summed E-state index contributed by atoms with van der Waals surface area (Å²) in [5.41, 5.74) is 3.24. The number of nitrogens with one attached hydrogen (secondary N) is 3. The maximum Gasteiger partial charge on any atom is 0.253 e. The van der Waals surface area contributed by atoms with Crippen LogP contribution in [0.3, 0.4) is 0 Å². The molecule has 7 heteroatoms. The number of imidazole rings is 1. The lowest BCUT2D eigenvalue weighted by Gasteiger charge is -2.13. The number of H-pyrrole nitrogens is 2. The van der Waals surface area contributed by atoms with E-state index in [1.807, 2.05) is 43.3 Å². The van der Waals surface area contributed by atoms with Crippen LogP contribution >= 0.6 is 12.2 Å². The van der Waals surface area contributed by atoms with Crippen LogP contribution < -0.4 is 10.2 Å². The van der Waals surface area contributed by atoms with Gasteiger partial charge in [0.2, 0.25) is 0 Å². The molecule has 1 aromatic heterocycles. The van der Waals surface area contributed by atoms with Crippen molar-refractivity contribution in [2.45, 2.75) is 6.54 Å². The van der Waals surface area contributed by atoms with Crippen LogP contribution in [0.5, 0.6) is 0 Å². The van der Waals surface area contributed by atoms with Crippen molar-refractivity contribution >= 4 is 34.8 Å². The van der Waals surface area contributed by atoms with Gasteiger partial charge in [0.25, 0.3) is 5.91 Å². The quantitative estimate of drug-likeness (QED) is 0.636. The number of fused-ring (bicyclic) bond motifs is 1. The molecule has 0 aliphatic carbocycles. The number of rotatable bonds is 4. The number of hydrogen-bond acceptors (Lipinski definition) is 3. The van der Waals surface area contributed by atoms with Crippen molar-refractivity contribution in [1.29, 1.82) is 0 Å². The van der Waals surface area contributed by atoms with E-state index in [1.165, 1.54) is 12.1 Å². The number of carbonyl (C=O) groups excluding carboxylic acids is 1. The number of amides is 1. The lowest BCUT2D eigenvalue weighted by molar-refractivity contribution is 0.0952. The van der Waals surface area contributed by atoms with E-state index in [9.17, 15) is 9.18 Å². The monoisotopic (exact) mass is 344 g/mol. The fourth-order valence-electron chi connectivity index (χ4n) is 2.48. The van der Waals surface area contributed by atoms with Crippen molar-refractivity contribution in [2.24, 2.45) is 0 Å². The van der Waals surface area contributed by atoms with Gasteiger partial charge in [0.1, 0.15) is 5.82 Å². The highest BCUT2D eigenvalue weighted by Gasteiger charge is 2.14. The first kappa shape index (κ1) is 16.2. The summed E-state index contributed by atoms with van der Waals surface area (Å²) in [4.78, 5) is 20.1. The van der Waals surface area contributed by atoms with Gasteiger partial charge in [-0.15, -0.1) is 0 Å². The molecule has 0 unspecified atom stereocenters. The molecular formula is C17H17FN4OS. The number of aromatic amines is 2. The molecule has 0 radical (unpaired) electrons. The fourth-order valence-corrected chi connectivity index (χ4v) is 2.69. The van der Waals surface area contributed by atoms with Crippen LogP contribution in [0.25, 0.3) is 11.0 Å². The molecule has 0 aliphatic rings. The Morgan fingerprint density at radius 2 is 1.92 bits per heavy atom. The summed E-state index contributed by atoms with van der Waals surface area (Å²) in [7, 11) is 3.93. The first-order valence-electron chi connectivity index (χ1n) is 7.40. The zero-order valence-corrected chi connectivity index (χ0v) is 14.1. The molecule has 3 aromatic rings. The zero-order valence-electron chi connectivity index (χ0n) is 13.3. The minimum atomic E-state index is -0.492. The van der Waals surface area contributed by atoms with Crippen LogP contribution in [0.2, 0.25) is 0 Å². The van der Waals surface area contributed by atoms with Gasteiger partial charge in [-0.2, -0.15) is 0 Å². The molecule has 0 bridgehead atoms. The third-order valence-electron chi connectivity index (χ3n) is 3.74. The highest BCUT2D eigenvalue weighted by atomic mass is 32.1. The van der Waals surface area contributed by atoms with Gasteiger partial charge in [-0.05, 0) is 42.0 Å². The summed E-state index contributed by atoms with van der Waals surface area (Å²) in [6, 6.07) is 10.3. The van der Waals surface area contributed by atoms with E-state index in [1.54, 1.807) is 0 Å². The second-order valence-corrected chi connectivity index (χ2v) is 6.11. The van der Waals surface area contributed by atoms with Gasteiger partial charge >= 0.3 is 0 Å². The Morgan fingerprint density at radius 1 is 1.21 bits per heavy atom. The Labute approximate surface area is 143 Å². The van der Waals surface area contributed by atoms with E-state index in [0.29, 0.717) is 22.3 Å². The first-order valence-corrected chi connectivity index (χ1v) is 7.81. The highest BCUT2D eigenvalue weighted by molar-refractivity contribution is 7.71. The first-order chi connectivity index (χ1) is 11.4. The average Bonchev–Trinajstić information content (AvgIpc) is 2.92. The van der Waals surface area contributed by atoms with Crippen molar-refractivity contribution < 1.29 is 9.18 Å². The van der Waals surface area contributed by atoms with E-state index in [2.05, 4.69) is 15.3 Å². The molecule has 0 spiro atoms. The van der Waals surface area contributed by atoms with Crippen molar-refractivity contribution in [3.63, 3.8) is 0 Å². The number of nitrogens with zero attached hydrogens (tertiary/aromatic N) is 1. The van der Waals surface area contributed by atoms with Gasteiger partial charge in [-0.1, -0.05) is 12.1 Å². The van der Waals surface area contributed by atoms with Crippen molar-refractivity contribution in [2.75, 3.05) is 19.0 Å². The summed E-state index contributed by atoms with van der Waals surface area (Å²) < 4.78 is 14.0. The second kappa shape index (κ2) is 6.45. The van der Waals surface area contributed by atoms with Crippen LogP contribution in [-0.2, 0) is 6.54 Å². The predicted octanol–water partition coefficient (Wildman–Crippen LogP) is 3.36. The van der Waals surface area contributed by atoms with Crippen molar-refractivity contribution in [1.82, 2.24) is 15.3 Å². The molecule has 2 aromatic carbocycles. The summed E-state index contributed by atoms with van der Waals surface area (Å²) in [6.07, 6.45) is 0. The number of anilines is 1. The maximum atomic E-state index is 13.7. The Kier molecular flexibility index (Phi) is 4.35. The van der Waals surface area contributed by atoms with Gasteiger partial charge in [0, 0.05) is 26.3 Å². The van der Waals surface area contributed by atoms with E-state index in [0.717, 1.165) is 11.3 Å². The zero-order chi connectivity index (χ0) is 17.3. The van der Waals surface area contributed by atoms with Gasteiger partial charge in [-0.25, -0.2) is 4.39 Å². The molecule has 3 N–H and O–H groups in total. The minimum absolute atomic E-state index is 0.224. The molecule has 124 valence electrons. The molecule has 1 heterocycles. The van der Waals surface area contributed by atoms with E-state index in [4.69, 9.17) is 12.2 Å². The van der Waals surface area contributed by atoms with E-state index >= 15 is 0 Å². The molecule has 3 rings (SSSR count). The van der Waals surface area contributed by atoms with E-state index < -0.39 is 5.82 Å². The molecule has 0 saturated carbocycles. The molecule has 24 heavy (non-hydrogen) atoms. The predicted molar refractivity (Wildman–Crippen MR) is 95.4 cm³/mol. The summed E-state index contributed by atoms with van der Waals surface area (Å²) in [6.45, 7) is 0.357. The maximum absolute atomic E-state index is 13.7. The van der Waals surface area contributed by atoms with Crippen LogP contribution in [0, 0.1) is 10.6 Å². The number of hydrogen-bond donors (Lipinski definition) is 3. The lowest BCUT2D eigenvalue weighted by Crippen LogP contribution is -2.23. The third kappa shape index (κ3) is 3.30. The van der Waals surface area contributed by atoms with Crippen molar-refractivity contribution in [3.8, 4) is 0 Å². The Bertz CT molecular complexity index is 943. The highest BCUT2D eigenvalue weighted by Crippen LogP contribution is 2.18. The molecule has 1 amide bonds. The molecule has 0 saturated heterocycles. The van der Waals surface area contributed by atoms with Gasteiger partial charge in [0.05, 0.1) is 16.6 Å². The minimum Gasteiger partial charge on any atom is -0.378 e. The normalized spacial score (nSPS) is 10.8. The van der Waals surface area contributed by atoms with E-state index in [-0.39, 0.29) is 11.5 Å². The second-order valence-electron chi connectivity index (χ2n) is 5.70. The Hall–Kier alpha value is -2.67. The number of halogens is 1. The van der Waals surface area contributed by atoms with Crippen LogP contribution in [0.1, 0.15) is 15.9 Å². The topological polar surface area (TPSA) is 63.9 Å².